The summed E-state index contributed by atoms with van der Waals surface area (Å²) < 4.78 is 27.8. The molecule has 0 spiro atoms. The van der Waals surface area contributed by atoms with Crippen LogP contribution in [0.4, 0.5) is 14.5 Å². The molecule has 0 saturated heterocycles. The summed E-state index contributed by atoms with van der Waals surface area (Å²) in [5, 5.41) is 3.32. The van der Waals surface area contributed by atoms with Gasteiger partial charge in [0, 0.05) is 12.0 Å². The monoisotopic (exact) mass is 297 g/mol. The Morgan fingerprint density at radius 2 is 1.86 bits per heavy atom. The Hall–Kier alpha value is -2.16. The molecule has 0 fully saturated rings. The largest absolute Gasteiger partial charge is 0.375 e. The van der Waals surface area contributed by atoms with Gasteiger partial charge in [0.05, 0.1) is 11.7 Å². The molecule has 0 bridgehead atoms. The molecule has 4 rings (SSSR count). The molecule has 0 amide bonds. The van der Waals surface area contributed by atoms with Crippen molar-refractivity contribution in [3.63, 3.8) is 0 Å². The van der Waals surface area contributed by atoms with Crippen LogP contribution in [0, 0.1) is 24.5 Å². The maximum Gasteiger partial charge on any atom is 0.149 e. The summed E-state index contributed by atoms with van der Waals surface area (Å²) in [4.78, 5) is 0. The third kappa shape index (κ3) is 2.04. The Balaban J connectivity index is 1.82. The molecule has 2 aromatic rings. The first kappa shape index (κ1) is 13.5. The van der Waals surface area contributed by atoms with Gasteiger partial charge in [0.25, 0.3) is 0 Å². The second-order valence-electron chi connectivity index (χ2n) is 6.24. The van der Waals surface area contributed by atoms with Gasteiger partial charge in [0.2, 0.25) is 0 Å². The standard InChI is InChI=1S/C19H17F2N/c1-11-5-7-12(8-6-11)18-15-4-2-3-14(15)16-9-13(20)10-17(21)19(16)22-18/h2-3,5-10,14-15,18,22H,4H2,1H3/t14-,15+,18+/m0/s1. The normalized spacial score (nSPS) is 25.5. The highest BCUT2D eigenvalue weighted by atomic mass is 19.1. The highest BCUT2D eigenvalue weighted by Gasteiger charge is 2.39. The van der Waals surface area contributed by atoms with Crippen molar-refractivity contribution >= 4 is 5.69 Å². The quantitative estimate of drug-likeness (QED) is 0.722. The number of fused-ring (bicyclic) bond motifs is 3. The molecule has 1 N–H and O–H groups in total. The Bertz CT molecular complexity index is 749. The molecule has 22 heavy (non-hydrogen) atoms. The van der Waals surface area contributed by atoms with E-state index in [1.807, 2.05) is 0 Å². The predicted molar refractivity (Wildman–Crippen MR) is 83.9 cm³/mol. The van der Waals surface area contributed by atoms with Gasteiger partial charge < -0.3 is 5.32 Å². The lowest BCUT2D eigenvalue weighted by Gasteiger charge is -2.37. The number of hydrogen-bond acceptors (Lipinski definition) is 1. The van der Waals surface area contributed by atoms with Gasteiger partial charge in [-0.15, -0.1) is 0 Å². The molecule has 112 valence electrons. The van der Waals surface area contributed by atoms with E-state index in [0.29, 0.717) is 11.6 Å². The summed E-state index contributed by atoms with van der Waals surface area (Å²) in [5.41, 5.74) is 3.53. The fourth-order valence-corrected chi connectivity index (χ4v) is 3.72. The zero-order valence-corrected chi connectivity index (χ0v) is 12.3. The SMILES string of the molecule is Cc1ccc([C@H]2Nc3c(F)cc(F)cc3[C@H]3C=CC[C@H]32)cc1. The molecule has 0 radical (unpaired) electrons. The lowest BCUT2D eigenvalue weighted by molar-refractivity contribution is 0.418. The molecule has 1 heterocycles. The van der Waals surface area contributed by atoms with Crippen LogP contribution in [0.5, 0.6) is 0 Å². The van der Waals surface area contributed by atoms with E-state index < -0.39 is 11.6 Å². The smallest absolute Gasteiger partial charge is 0.149 e. The van der Waals surface area contributed by atoms with Crippen LogP contribution >= 0.6 is 0 Å². The summed E-state index contributed by atoms with van der Waals surface area (Å²) in [6, 6.07) is 10.8. The van der Waals surface area contributed by atoms with Crippen LogP contribution in [0.25, 0.3) is 0 Å². The zero-order chi connectivity index (χ0) is 15.3. The Morgan fingerprint density at radius 3 is 2.64 bits per heavy atom. The topological polar surface area (TPSA) is 12.0 Å². The third-order valence-corrected chi connectivity index (χ3v) is 4.82. The number of allylic oxidation sites excluding steroid dienone is 2. The first-order valence-corrected chi connectivity index (χ1v) is 7.62. The molecular weight excluding hydrogens is 280 g/mol. The Labute approximate surface area is 128 Å². The van der Waals surface area contributed by atoms with E-state index in [1.165, 1.54) is 11.6 Å². The van der Waals surface area contributed by atoms with Crippen molar-refractivity contribution in [1.29, 1.82) is 0 Å². The summed E-state index contributed by atoms with van der Waals surface area (Å²) in [6.45, 7) is 2.05. The van der Waals surface area contributed by atoms with Gasteiger partial charge in [-0.2, -0.15) is 0 Å². The average Bonchev–Trinajstić information content (AvgIpc) is 2.97. The molecule has 1 aliphatic heterocycles. The van der Waals surface area contributed by atoms with E-state index in [0.717, 1.165) is 23.6 Å². The van der Waals surface area contributed by atoms with E-state index in [2.05, 4.69) is 48.7 Å². The fourth-order valence-electron chi connectivity index (χ4n) is 3.72. The molecule has 3 atom stereocenters. The number of anilines is 1. The highest BCUT2D eigenvalue weighted by molar-refractivity contribution is 5.60. The van der Waals surface area contributed by atoms with Crippen LogP contribution in [0.1, 0.15) is 35.1 Å². The van der Waals surface area contributed by atoms with Crippen molar-refractivity contribution in [1.82, 2.24) is 0 Å². The van der Waals surface area contributed by atoms with Crippen molar-refractivity contribution in [3.05, 3.63) is 76.9 Å². The van der Waals surface area contributed by atoms with Gasteiger partial charge in [-0.05, 0) is 36.5 Å². The molecular formula is C19H17F2N. The summed E-state index contributed by atoms with van der Waals surface area (Å²) in [7, 11) is 0. The van der Waals surface area contributed by atoms with Crippen molar-refractivity contribution in [2.45, 2.75) is 25.3 Å². The summed E-state index contributed by atoms with van der Waals surface area (Å²) in [5.74, 6) is -0.638. The Morgan fingerprint density at radius 1 is 1.09 bits per heavy atom. The minimum Gasteiger partial charge on any atom is -0.375 e. The van der Waals surface area contributed by atoms with E-state index >= 15 is 0 Å². The minimum atomic E-state index is -0.508. The molecule has 3 heteroatoms. The second-order valence-corrected chi connectivity index (χ2v) is 6.24. The minimum absolute atomic E-state index is 0.0491. The highest BCUT2D eigenvalue weighted by Crippen LogP contribution is 2.50. The third-order valence-electron chi connectivity index (χ3n) is 4.82. The van der Waals surface area contributed by atoms with E-state index in [9.17, 15) is 8.78 Å². The van der Waals surface area contributed by atoms with Gasteiger partial charge in [-0.3, -0.25) is 0 Å². The van der Waals surface area contributed by atoms with Gasteiger partial charge in [-0.25, -0.2) is 8.78 Å². The van der Waals surface area contributed by atoms with E-state index in [-0.39, 0.29) is 12.0 Å². The van der Waals surface area contributed by atoms with Crippen molar-refractivity contribution in [2.75, 3.05) is 5.32 Å². The van der Waals surface area contributed by atoms with Crippen molar-refractivity contribution < 1.29 is 8.78 Å². The molecule has 2 aliphatic rings. The fraction of sp³-hybridized carbons (Fsp3) is 0.263. The number of halogens is 2. The molecule has 2 aromatic carbocycles. The van der Waals surface area contributed by atoms with Gasteiger partial charge in [0.1, 0.15) is 11.6 Å². The van der Waals surface area contributed by atoms with Crippen LogP contribution < -0.4 is 5.32 Å². The summed E-state index contributed by atoms with van der Waals surface area (Å²) >= 11 is 0. The molecule has 0 aromatic heterocycles. The van der Waals surface area contributed by atoms with Gasteiger partial charge >= 0.3 is 0 Å². The lowest BCUT2D eigenvalue weighted by Crippen LogP contribution is -2.29. The number of rotatable bonds is 1. The molecule has 0 saturated carbocycles. The van der Waals surface area contributed by atoms with Crippen LogP contribution in [0.15, 0.2) is 48.6 Å². The maximum atomic E-state index is 14.2. The van der Waals surface area contributed by atoms with Gasteiger partial charge in [0.15, 0.2) is 0 Å². The second kappa shape index (κ2) is 4.94. The number of hydrogen-bond donors (Lipinski definition) is 1. The van der Waals surface area contributed by atoms with Crippen LogP contribution in [-0.2, 0) is 0 Å². The van der Waals surface area contributed by atoms with E-state index in [1.54, 1.807) is 0 Å². The molecule has 0 unspecified atom stereocenters. The summed E-state index contributed by atoms with van der Waals surface area (Å²) in [6.07, 6.45) is 5.13. The van der Waals surface area contributed by atoms with Gasteiger partial charge in [-0.1, -0.05) is 42.0 Å². The number of aryl methyl sites for hydroxylation is 1. The zero-order valence-electron chi connectivity index (χ0n) is 12.3. The molecule has 1 nitrogen and oxygen atoms in total. The van der Waals surface area contributed by atoms with Crippen molar-refractivity contribution in [2.24, 2.45) is 5.92 Å². The maximum absolute atomic E-state index is 14.2. The van der Waals surface area contributed by atoms with Crippen molar-refractivity contribution in [3.8, 4) is 0 Å². The van der Waals surface area contributed by atoms with E-state index in [4.69, 9.17) is 0 Å². The predicted octanol–water partition coefficient (Wildman–Crippen LogP) is 5.10. The molecule has 1 aliphatic carbocycles. The number of benzene rings is 2. The van der Waals surface area contributed by atoms with Crippen LogP contribution in [0.3, 0.4) is 0 Å². The number of nitrogens with one attached hydrogen (secondary N) is 1. The van der Waals surface area contributed by atoms with Crippen LogP contribution in [0.2, 0.25) is 0 Å². The first-order chi connectivity index (χ1) is 10.6. The Kier molecular flexibility index (Phi) is 3.03. The van der Waals surface area contributed by atoms with Crippen LogP contribution in [-0.4, -0.2) is 0 Å². The first-order valence-electron chi connectivity index (χ1n) is 7.62. The average molecular weight is 297 g/mol. The lowest BCUT2D eigenvalue weighted by atomic mass is 9.77.